The minimum atomic E-state index is -0.571. The summed E-state index contributed by atoms with van der Waals surface area (Å²) in [6, 6.07) is 11.5. The van der Waals surface area contributed by atoms with Gasteiger partial charge in [-0.1, -0.05) is 36.0 Å². The van der Waals surface area contributed by atoms with E-state index in [-0.39, 0.29) is 24.1 Å². The first-order valence-corrected chi connectivity index (χ1v) is 10.1. The number of nitrogens with zero attached hydrogens (tertiary/aromatic N) is 2. The Morgan fingerprint density at radius 3 is 2.52 bits per heavy atom. The second-order valence-electron chi connectivity index (χ2n) is 6.73. The topological polar surface area (TPSA) is 61.8 Å². The standard InChI is InChI=1S/C22H22FN3O2S/c1-4-12-26-21(28)18(29-22(26)24-17-10-8-16(23)9-11-17)13-19(27)25-20-14(2)6-5-7-15(20)3/h4-11,18H,1,12-13H2,2-3H3,(H,25,27)/t18-/m1/s1. The lowest BCUT2D eigenvalue weighted by atomic mass is 10.1. The molecule has 0 bridgehead atoms. The van der Waals surface area contributed by atoms with Crippen molar-refractivity contribution >= 4 is 40.1 Å². The van der Waals surface area contributed by atoms with Crippen molar-refractivity contribution in [1.29, 1.82) is 0 Å². The van der Waals surface area contributed by atoms with E-state index in [1.165, 1.54) is 28.8 Å². The van der Waals surface area contributed by atoms with Crippen molar-refractivity contribution in [1.82, 2.24) is 4.90 Å². The van der Waals surface area contributed by atoms with Crippen molar-refractivity contribution in [3.63, 3.8) is 0 Å². The predicted molar refractivity (Wildman–Crippen MR) is 116 cm³/mol. The molecular weight excluding hydrogens is 389 g/mol. The number of amidine groups is 1. The van der Waals surface area contributed by atoms with Crippen molar-refractivity contribution in [2.24, 2.45) is 4.99 Å². The van der Waals surface area contributed by atoms with Crippen LogP contribution in [0.25, 0.3) is 0 Å². The van der Waals surface area contributed by atoms with Gasteiger partial charge in [0.15, 0.2) is 5.17 Å². The van der Waals surface area contributed by atoms with Crippen molar-refractivity contribution in [3.05, 3.63) is 72.1 Å². The zero-order valence-corrected chi connectivity index (χ0v) is 17.1. The molecule has 150 valence electrons. The number of halogens is 1. The fourth-order valence-electron chi connectivity index (χ4n) is 3.02. The molecule has 1 saturated heterocycles. The lowest BCUT2D eigenvalue weighted by Crippen LogP contribution is -2.33. The molecule has 1 fully saturated rings. The van der Waals surface area contributed by atoms with Gasteiger partial charge in [-0.3, -0.25) is 14.5 Å². The van der Waals surface area contributed by atoms with Gasteiger partial charge in [0.25, 0.3) is 0 Å². The third-order valence-corrected chi connectivity index (χ3v) is 5.67. The van der Waals surface area contributed by atoms with Gasteiger partial charge in [-0.25, -0.2) is 9.38 Å². The van der Waals surface area contributed by atoms with E-state index in [0.717, 1.165) is 16.8 Å². The lowest BCUT2D eigenvalue weighted by Gasteiger charge is -2.14. The van der Waals surface area contributed by atoms with Gasteiger partial charge in [0.05, 0.1) is 5.69 Å². The molecule has 7 heteroatoms. The van der Waals surface area contributed by atoms with Gasteiger partial charge in [0.1, 0.15) is 11.1 Å². The number of benzene rings is 2. The monoisotopic (exact) mass is 411 g/mol. The molecular formula is C22H22FN3O2S. The first kappa shape index (κ1) is 20.8. The van der Waals surface area contributed by atoms with Crippen molar-refractivity contribution in [2.45, 2.75) is 25.5 Å². The van der Waals surface area contributed by atoms with Crippen LogP contribution in [0.4, 0.5) is 15.8 Å². The quantitative estimate of drug-likeness (QED) is 0.708. The van der Waals surface area contributed by atoms with Crippen LogP contribution >= 0.6 is 11.8 Å². The molecule has 1 aliphatic heterocycles. The number of thioether (sulfide) groups is 1. The molecule has 0 aliphatic carbocycles. The molecule has 1 atom stereocenters. The van der Waals surface area contributed by atoms with Crippen molar-refractivity contribution in [3.8, 4) is 0 Å². The summed E-state index contributed by atoms with van der Waals surface area (Å²) in [6.07, 6.45) is 1.64. The van der Waals surface area contributed by atoms with Crippen LogP contribution in [-0.2, 0) is 9.59 Å². The summed E-state index contributed by atoms with van der Waals surface area (Å²) in [7, 11) is 0. The number of hydrogen-bond acceptors (Lipinski definition) is 4. The Morgan fingerprint density at radius 1 is 1.24 bits per heavy atom. The van der Waals surface area contributed by atoms with Crippen LogP contribution in [0.3, 0.4) is 0 Å². The number of carbonyl (C=O) groups excluding carboxylic acids is 2. The largest absolute Gasteiger partial charge is 0.326 e. The van der Waals surface area contributed by atoms with Crippen molar-refractivity contribution in [2.75, 3.05) is 11.9 Å². The molecule has 0 aromatic heterocycles. The number of amides is 2. The summed E-state index contributed by atoms with van der Waals surface area (Å²) < 4.78 is 13.1. The van der Waals surface area contributed by atoms with E-state index in [2.05, 4.69) is 16.9 Å². The van der Waals surface area contributed by atoms with E-state index in [4.69, 9.17) is 0 Å². The highest BCUT2D eigenvalue weighted by Gasteiger charge is 2.38. The fourth-order valence-corrected chi connectivity index (χ4v) is 4.19. The highest BCUT2D eigenvalue weighted by atomic mass is 32.2. The summed E-state index contributed by atoms with van der Waals surface area (Å²) in [4.78, 5) is 31.4. The third kappa shape index (κ3) is 4.92. The Hall–Kier alpha value is -2.93. The van der Waals surface area contributed by atoms with Gasteiger partial charge in [-0.05, 0) is 49.2 Å². The lowest BCUT2D eigenvalue weighted by molar-refractivity contribution is -0.127. The third-order valence-electron chi connectivity index (χ3n) is 4.50. The van der Waals surface area contributed by atoms with Gasteiger partial charge in [0, 0.05) is 18.7 Å². The number of aliphatic imine (C=N–C) groups is 1. The average Bonchev–Trinajstić information content (AvgIpc) is 2.96. The van der Waals surface area contributed by atoms with Crippen LogP contribution in [0.2, 0.25) is 0 Å². The van der Waals surface area contributed by atoms with Crippen LogP contribution < -0.4 is 5.32 Å². The Morgan fingerprint density at radius 2 is 1.90 bits per heavy atom. The zero-order valence-electron chi connectivity index (χ0n) is 16.3. The maximum Gasteiger partial charge on any atom is 0.242 e. The second kappa shape index (κ2) is 9.05. The highest BCUT2D eigenvalue weighted by Crippen LogP contribution is 2.32. The van der Waals surface area contributed by atoms with Gasteiger partial charge in [0.2, 0.25) is 11.8 Å². The van der Waals surface area contributed by atoms with Gasteiger partial charge < -0.3 is 5.32 Å². The number of para-hydroxylation sites is 1. The average molecular weight is 412 g/mol. The first-order valence-electron chi connectivity index (χ1n) is 9.18. The van der Waals surface area contributed by atoms with Crippen LogP contribution in [-0.4, -0.2) is 33.7 Å². The maximum atomic E-state index is 13.1. The number of rotatable bonds is 6. The first-order chi connectivity index (χ1) is 13.9. The minimum absolute atomic E-state index is 0.0351. The Bertz CT molecular complexity index is 952. The summed E-state index contributed by atoms with van der Waals surface area (Å²) >= 11 is 1.24. The van der Waals surface area contributed by atoms with E-state index < -0.39 is 5.25 Å². The van der Waals surface area contributed by atoms with E-state index >= 15 is 0 Å². The van der Waals surface area contributed by atoms with E-state index in [1.807, 2.05) is 32.0 Å². The van der Waals surface area contributed by atoms with E-state index in [0.29, 0.717) is 17.4 Å². The van der Waals surface area contributed by atoms with Gasteiger partial charge in [-0.2, -0.15) is 0 Å². The molecule has 2 aromatic carbocycles. The Balaban J connectivity index is 1.76. The summed E-state index contributed by atoms with van der Waals surface area (Å²) in [6.45, 7) is 7.83. The van der Waals surface area contributed by atoms with Crippen LogP contribution in [0.5, 0.6) is 0 Å². The molecule has 2 aromatic rings. The summed E-state index contributed by atoms with van der Waals surface area (Å²) in [5.74, 6) is -0.768. The minimum Gasteiger partial charge on any atom is -0.326 e. The Labute approximate surface area is 173 Å². The summed E-state index contributed by atoms with van der Waals surface area (Å²) in [5, 5.41) is 2.83. The van der Waals surface area contributed by atoms with Crippen LogP contribution in [0.1, 0.15) is 17.5 Å². The molecule has 1 N–H and O–H groups in total. The normalized spacial score (nSPS) is 17.6. The number of aryl methyl sites for hydroxylation is 2. The van der Waals surface area contributed by atoms with Crippen molar-refractivity contribution < 1.29 is 14.0 Å². The molecule has 29 heavy (non-hydrogen) atoms. The number of hydrogen-bond donors (Lipinski definition) is 1. The van der Waals surface area contributed by atoms with Crippen LogP contribution in [0.15, 0.2) is 60.1 Å². The van der Waals surface area contributed by atoms with E-state index in [1.54, 1.807) is 18.2 Å². The zero-order chi connectivity index (χ0) is 21.0. The molecule has 0 unspecified atom stereocenters. The van der Waals surface area contributed by atoms with Gasteiger partial charge in [-0.15, -0.1) is 6.58 Å². The van der Waals surface area contributed by atoms with Crippen LogP contribution in [0, 0.1) is 19.7 Å². The Kier molecular flexibility index (Phi) is 6.49. The number of nitrogens with one attached hydrogen (secondary N) is 1. The molecule has 5 nitrogen and oxygen atoms in total. The molecule has 2 amide bonds. The molecule has 1 aliphatic rings. The smallest absolute Gasteiger partial charge is 0.242 e. The number of carbonyl (C=O) groups is 2. The molecule has 0 radical (unpaired) electrons. The molecule has 0 saturated carbocycles. The van der Waals surface area contributed by atoms with Gasteiger partial charge >= 0.3 is 0 Å². The SMILES string of the molecule is C=CCN1C(=O)[C@@H](CC(=O)Nc2c(C)cccc2C)SC1=Nc1ccc(F)cc1. The second-order valence-corrected chi connectivity index (χ2v) is 7.90. The molecule has 0 spiro atoms. The maximum absolute atomic E-state index is 13.1. The predicted octanol–water partition coefficient (Wildman–Crippen LogP) is 4.59. The van der Waals surface area contributed by atoms with E-state index in [9.17, 15) is 14.0 Å². The number of anilines is 1. The molecule has 1 heterocycles. The summed E-state index contributed by atoms with van der Waals surface area (Å²) in [5.41, 5.74) is 3.25. The molecule has 3 rings (SSSR count). The fraction of sp³-hybridized carbons (Fsp3) is 0.227. The highest BCUT2D eigenvalue weighted by molar-refractivity contribution is 8.15.